The molecular weight excluding hydrogens is 228 g/mol. The number of amides is 1. The van der Waals surface area contributed by atoms with Crippen molar-refractivity contribution in [3.63, 3.8) is 0 Å². The largest absolute Gasteiger partial charge is 0.396 e. The average Bonchev–Trinajstić information content (AvgIpc) is 2.22. The standard InChI is InChI=1S/C14H28N2O2/c1-11(2)5-4-6-12(3)15-14(18)9-16-7-13(8-16)10-17/h11-13,17H,4-10H2,1-3H3,(H,15,18). The Labute approximate surface area is 111 Å². The van der Waals surface area contributed by atoms with Crippen molar-refractivity contribution in [2.45, 2.75) is 46.1 Å². The van der Waals surface area contributed by atoms with Crippen LogP contribution in [0.25, 0.3) is 0 Å². The highest BCUT2D eigenvalue weighted by atomic mass is 16.3. The maximum Gasteiger partial charge on any atom is 0.234 e. The first kappa shape index (κ1) is 15.4. The molecule has 1 aliphatic rings. The number of hydrogen-bond donors (Lipinski definition) is 2. The number of nitrogens with one attached hydrogen (secondary N) is 1. The molecule has 0 aromatic rings. The van der Waals surface area contributed by atoms with Gasteiger partial charge in [0.2, 0.25) is 5.91 Å². The maximum absolute atomic E-state index is 11.7. The van der Waals surface area contributed by atoms with Gasteiger partial charge in [-0.2, -0.15) is 0 Å². The lowest BCUT2D eigenvalue weighted by Crippen LogP contribution is -2.52. The van der Waals surface area contributed by atoms with Gasteiger partial charge in [-0.05, 0) is 19.3 Å². The highest BCUT2D eigenvalue weighted by Gasteiger charge is 2.27. The normalized spacial score (nSPS) is 18.7. The number of aliphatic hydroxyl groups is 1. The molecule has 1 fully saturated rings. The summed E-state index contributed by atoms with van der Waals surface area (Å²) in [6.07, 6.45) is 3.46. The van der Waals surface area contributed by atoms with E-state index in [1.54, 1.807) is 0 Å². The second kappa shape index (κ2) is 7.74. The van der Waals surface area contributed by atoms with Crippen molar-refractivity contribution < 1.29 is 9.90 Å². The molecule has 1 saturated heterocycles. The number of likely N-dealkylation sites (tertiary alicyclic amines) is 1. The molecule has 18 heavy (non-hydrogen) atoms. The fourth-order valence-corrected chi connectivity index (χ4v) is 2.35. The van der Waals surface area contributed by atoms with E-state index in [0.717, 1.165) is 25.4 Å². The summed E-state index contributed by atoms with van der Waals surface area (Å²) in [5, 5.41) is 11.9. The predicted octanol–water partition coefficient (Wildman–Crippen LogP) is 1.24. The Morgan fingerprint density at radius 3 is 2.56 bits per heavy atom. The van der Waals surface area contributed by atoms with E-state index in [1.165, 1.54) is 12.8 Å². The minimum atomic E-state index is 0.114. The third-order valence-corrected chi connectivity index (χ3v) is 3.48. The maximum atomic E-state index is 11.7. The lowest BCUT2D eigenvalue weighted by molar-refractivity contribution is -0.124. The van der Waals surface area contributed by atoms with Crippen LogP contribution in [0.3, 0.4) is 0 Å². The summed E-state index contributed by atoms with van der Waals surface area (Å²) < 4.78 is 0. The molecule has 4 nitrogen and oxygen atoms in total. The molecule has 1 unspecified atom stereocenters. The van der Waals surface area contributed by atoms with Crippen LogP contribution in [-0.2, 0) is 4.79 Å². The van der Waals surface area contributed by atoms with Gasteiger partial charge in [0, 0.05) is 31.7 Å². The molecule has 0 aliphatic carbocycles. The molecule has 0 aromatic carbocycles. The molecule has 1 amide bonds. The quantitative estimate of drug-likeness (QED) is 0.687. The van der Waals surface area contributed by atoms with Gasteiger partial charge in [0.15, 0.2) is 0 Å². The Balaban J connectivity index is 2.05. The number of hydrogen-bond acceptors (Lipinski definition) is 3. The third-order valence-electron chi connectivity index (χ3n) is 3.48. The molecular formula is C14H28N2O2. The molecule has 0 saturated carbocycles. The van der Waals surface area contributed by atoms with Crippen LogP contribution in [0.2, 0.25) is 0 Å². The summed E-state index contributed by atoms with van der Waals surface area (Å²) in [7, 11) is 0. The molecule has 0 aromatic heterocycles. The molecule has 2 N–H and O–H groups in total. The van der Waals surface area contributed by atoms with E-state index in [4.69, 9.17) is 5.11 Å². The van der Waals surface area contributed by atoms with Gasteiger partial charge in [0.1, 0.15) is 0 Å². The molecule has 0 spiro atoms. The van der Waals surface area contributed by atoms with Crippen LogP contribution in [0, 0.1) is 11.8 Å². The topological polar surface area (TPSA) is 52.6 Å². The molecule has 106 valence electrons. The van der Waals surface area contributed by atoms with Gasteiger partial charge in [0.05, 0.1) is 6.54 Å². The Bertz CT molecular complexity index is 250. The highest BCUT2D eigenvalue weighted by molar-refractivity contribution is 5.78. The van der Waals surface area contributed by atoms with Gasteiger partial charge in [-0.25, -0.2) is 0 Å². The number of rotatable bonds is 8. The lowest BCUT2D eigenvalue weighted by Gasteiger charge is -2.37. The first-order valence-electron chi connectivity index (χ1n) is 7.13. The fraction of sp³-hybridized carbons (Fsp3) is 0.929. The van der Waals surface area contributed by atoms with Crippen LogP contribution in [0.5, 0.6) is 0 Å². The summed E-state index contributed by atoms with van der Waals surface area (Å²) in [6, 6.07) is 0.270. The fourth-order valence-electron chi connectivity index (χ4n) is 2.35. The van der Waals surface area contributed by atoms with E-state index in [-0.39, 0.29) is 18.6 Å². The summed E-state index contributed by atoms with van der Waals surface area (Å²) in [4.78, 5) is 13.8. The Morgan fingerprint density at radius 1 is 1.33 bits per heavy atom. The van der Waals surface area contributed by atoms with E-state index >= 15 is 0 Å². The minimum absolute atomic E-state index is 0.114. The smallest absolute Gasteiger partial charge is 0.234 e. The average molecular weight is 256 g/mol. The van der Waals surface area contributed by atoms with Crippen LogP contribution in [-0.4, -0.2) is 48.2 Å². The minimum Gasteiger partial charge on any atom is -0.396 e. The first-order valence-corrected chi connectivity index (χ1v) is 7.13. The third kappa shape index (κ3) is 5.83. The van der Waals surface area contributed by atoms with Crippen molar-refractivity contribution >= 4 is 5.91 Å². The van der Waals surface area contributed by atoms with E-state index < -0.39 is 0 Å². The second-order valence-electron chi connectivity index (χ2n) is 6.04. The molecule has 1 rings (SSSR count). The van der Waals surface area contributed by atoms with Crippen LogP contribution >= 0.6 is 0 Å². The van der Waals surface area contributed by atoms with E-state index in [9.17, 15) is 4.79 Å². The van der Waals surface area contributed by atoms with Gasteiger partial charge < -0.3 is 10.4 Å². The van der Waals surface area contributed by atoms with Crippen LogP contribution < -0.4 is 5.32 Å². The van der Waals surface area contributed by atoms with Crippen molar-refractivity contribution in [3.8, 4) is 0 Å². The SMILES string of the molecule is CC(C)CCCC(C)NC(=O)CN1CC(CO)C1. The number of carbonyl (C=O) groups is 1. The van der Waals surface area contributed by atoms with Crippen molar-refractivity contribution in [3.05, 3.63) is 0 Å². The summed E-state index contributed by atoms with van der Waals surface area (Å²) >= 11 is 0. The van der Waals surface area contributed by atoms with E-state index in [2.05, 4.69) is 31.0 Å². The van der Waals surface area contributed by atoms with Crippen molar-refractivity contribution in [1.82, 2.24) is 10.2 Å². The van der Waals surface area contributed by atoms with Crippen LogP contribution in [0.4, 0.5) is 0 Å². The van der Waals surface area contributed by atoms with Gasteiger partial charge in [-0.1, -0.05) is 26.7 Å². The lowest BCUT2D eigenvalue weighted by atomic mass is 10.0. The molecule has 0 bridgehead atoms. The number of carbonyl (C=O) groups excluding carboxylic acids is 1. The van der Waals surface area contributed by atoms with Gasteiger partial charge in [0.25, 0.3) is 0 Å². The Kier molecular flexibility index (Phi) is 6.65. The molecule has 0 radical (unpaired) electrons. The molecule has 1 atom stereocenters. The van der Waals surface area contributed by atoms with Crippen LogP contribution in [0.1, 0.15) is 40.0 Å². The molecule has 4 heteroatoms. The zero-order chi connectivity index (χ0) is 13.5. The first-order chi connectivity index (χ1) is 8.51. The van der Waals surface area contributed by atoms with Gasteiger partial charge in [-0.15, -0.1) is 0 Å². The Morgan fingerprint density at radius 2 is 2.00 bits per heavy atom. The van der Waals surface area contributed by atoms with Crippen molar-refractivity contribution in [1.29, 1.82) is 0 Å². The van der Waals surface area contributed by atoms with E-state index in [1.807, 2.05) is 0 Å². The zero-order valence-corrected chi connectivity index (χ0v) is 12.0. The monoisotopic (exact) mass is 256 g/mol. The zero-order valence-electron chi connectivity index (χ0n) is 12.0. The van der Waals surface area contributed by atoms with E-state index in [0.29, 0.717) is 12.5 Å². The second-order valence-corrected chi connectivity index (χ2v) is 6.04. The summed E-state index contributed by atoms with van der Waals surface area (Å²) in [6.45, 7) is 8.95. The predicted molar refractivity (Wildman–Crippen MR) is 73.3 cm³/mol. The number of aliphatic hydroxyl groups excluding tert-OH is 1. The van der Waals surface area contributed by atoms with Gasteiger partial charge >= 0.3 is 0 Å². The van der Waals surface area contributed by atoms with Gasteiger partial charge in [-0.3, -0.25) is 9.69 Å². The van der Waals surface area contributed by atoms with Crippen molar-refractivity contribution in [2.24, 2.45) is 11.8 Å². The summed E-state index contributed by atoms with van der Waals surface area (Å²) in [5.74, 6) is 1.23. The van der Waals surface area contributed by atoms with Crippen molar-refractivity contribution in [2.75, 3.05) is 26.2 Å². The van der Waals surface area contributed by atoms with Crippen LogP contribution in [0.15, 0.2) is 0 Å². The highest BCUT2D eigenvalue weighted by Crippen LogP contribution is 2.13. The number of nitrogens with zero attached hydrogens (tertiary/aromatic N) is 1. The Hall–Kier alpha value is -0.610. The molecule has 1 heterocycles. The summed E-state index contributed by atoms with van der Waals surface area (Å²) in [5.41, 5.74) is 0. The molecule has 1 aliphatic heterocycles.